The molecule has 9 nitrogen and oxygen atoms in total. The fraction of sp³-hybridized carbons (Fsp3) is 0.0909. The van der Waals surface area contributed by atoms with Gasteiger partial charge in [0, 0.05) is 29.8 Å². The molecule has 2 amide bonds. The molecule has 3 aromatic carbocycles. The van der Waals surface area contributed by atoms with Gasteiger partial charge in [-0.2, -0.15) is 0 Å². The molecule has 0 bridgehead atoms. The summed E-state index contributed by atoms with van der Waals surface area (Å²) in [7, 11) is 2.82. The van der Waals surface area contributed by atoms with Gasteiger partial charge >= 0.3 is 0 Å². The van der Waals surface area contributed by atoms with Crippen molar-refractivity contribution < 1.29 is 24.0 Å². The maximum atomic E-state index is 12.7. The summed E-state index contributed by atoms with van der Waals surface area (Å²) in [6.07, 6.45) is 0. The number of benzene rings is 3. The van der Waals surface area contributed by atoms with Crippen LogP contribution in [0.25, 0.3) is 0 Å². The van der Waals surface area contributed by atoms with Crippen molar-refractivity contribution in [3.8, 4) is 11.5 Å². The van der Waals surface area contributed by atoms with Crippen molar-refractivity contribution in [1.82, 2.24) is 0 Å². The zero-order valence-corrected chi connectivity index (χ0v) is 17.8. The number of carbonyl (C=O) groups excluding carboxylic acids is 2. The Morgan fingerprint density at radius 2 is 1.44 bits per heavy atom. The Kier molecular flexibility index (Phi) is 6.91. The number of hydrogen-bond donors (Lipinski definition) is 2. The van der Waals surface area contributed by atoms with Crippen molar-refractivity contribution >= 4 is 40.5 Å². The predicted octanol–water partition coefficient (Wildman–Crippen LogP) is 4.77. The number of nitrogens with one attached hydrogen (secondary N) is 2. The van der Waals surface area contributed by atoms with Crippen LogP contribution in [0.2, 0.25) is 5.02 Å². The molecule has 3 rings (SSSR count). The van der Waals surface area contributed by atoms with Crippen molar-refractivity contribution in [1.29, 1.82) is 0 Å². The Labute approximate surface area is 188 Å². The first kappa shape index (κ1) is 22.6. The Morgan fingerprint density at radius 3 is 1.94 bits per heavy atom. The Morgan fingerprint density at radius 1 is 0.875 bits per heavy atom. The summed E-state index contributed by atoms with van der Waals surface area (Å²) in [4.78, 5) is 35.5. The van der Waals surface area contributed by atoms with E-state index in [1.807, 2.05) is 0 Å². The molecule has 0 saturated carbocycles. The van der Waals surface area contributed by atoms with Crippen LogP contribution in [0.1, 0.15) is 20.7 Å². The molecule has 0 unspecified atom stereocenters. The average molecular weight is 456 g/mol. The number of non-ortho nitro benzene ring substituents is 1. The van der Waals surface area contributed by atoms with Crippen LogP contribution in [-0.2, 0) is 0 Å². The molecule has 0 atom stereocenters. The number of methoxy groups -OCH3 is 2. The van der Waals surface area contributed by atoms with Gasteiger partial charge in [0.25, 0.3) is 17.5 Å². The third-order valence-corrected chi connectivity index (χ3v) is 4.77. The standard InChI is InChI=1S/C22H18ClN3O6/c1-31-19-12-18(25-22(28)15-9-8-14(26(29)30)10-16(15)23)20(32-2)11-17(19)24-21(27)13-6-4-3-5-7-13/h3-12H,1-2H3,(H,24,27)(H,25,28). The summed E-state index contributed by atoms with van der Waals surface area (Å²) >= 11 is 6.04. The minimum absolute atomic E-state index is 0.0414. The van der Waals surface area contributed by atoms with Crippen molar-refractivity contribution in [3.05, 3.63) is 86.9 Å². The number of halogens is 1. The van der Waals surface area contributed by atoms with E-state index in [-0.39, 0.29) is 39.4 Å². The molecule has 0 aliphatic heterocycles. The number of nitrogens with zero attached hydrogens (tertiary/aromatic N) is 1. The van der Waals surface area contributed by atoms with E-state index < -0.39 is 10.8 Å². The summed E-state index contributed by atoms with van der Waals surface area (Å²) in [6.45, 7) is 0. The minimum Gasteiger partial charge on any atom is -0.494 e. The van der Waals surface area contributed by atoms with Crippen molar-refractivity contribution in [2.45, 2.75) is 0 Å². The van der Waals surface area contributed by atoms with Gasteiger partial charge in [-0.05, 0) is 18.2 Å². The number of rotatable bonds is 7. The Balaban J connectivity index is 1.88. The molecule has 164 valence electrons. The lowest BCUT2D eigenvalue weighted by molar-refractivity contribution is -0.384. The summed E-state index contributed by atoms with van der Waals surface area (Å²) < 4.78 is 10.7. The topological polar surface area (TPSA) is 120 Å². The highest BCUT2D eigenvalue weighted by Crippen LogP contribution is 2.37. The average Bonchev–Trinajstić information content (AvgIpc) is 2.79. The highest BCUT2D eigenvalue weighted by atomic mass is 35.5. The smallest absolute Gasteiger partial charge is 0.270 e. The number of amides is 2. The first-order valence-corrected chi connectivity index (χ1v) is 9.59. The molecule has 0 radical (unpaired) electrons. The molecule has 0 heterocycles. The lowest BCUT2D eigenvalue weighted by Crippen LogP contribution is -2.15. The number of anilines is 2. The highest BCUT2D eigenvalue weighted by molar-refractivity contribution is 6.34. The third kappa shape index (κ3) is 4.96. The normalized spacial score (nSPS) is 10.2. The highest BCUT2D eigenvalue weighted by Gasteiger charge is 2.19. The molecule has 0 aliphatic carbocycles. The van der Waals surface area contributed by atoms with Gasteiger partial charge in [0.2, 0.25) is 0 Å². The molecular formula is C22H18ClN3O6. The van der Waals surface area contributed by atoms with Crippen molar-refractivity contribution in [2.24, 2.45) is 0 Å². The van der Waals surface area contributed by atoms with Crippen LogP contribution in [-0.4, -0.2) is 31.0 Å². The van der Waals surface area contributed by atoms with Gasteiger partial charge in [-0.25, -0.2) is 0 Å². The number of ether oxygens (including phenoxy) is 2. The number of nitro benzene ring substituents is 1. The second kappa shape index (κ2) is 9.80. The second-order valence-electron chi connectivity index (χ2n) is 6.45. The fourth-order valence-corrected chi connectivity index (χ4v) is 3.13. The van der Waals surface area contributed by atoms with Gasteiger partial charge in [-0.1, -0.05) is 29.8 Å². The third-order valence-electron chi connectivity index (χ3n) is 4.46. The molecular weight excluding hydrogens is 438 g/mol. The predicted molar refractivity (Wildman–Crippen MR) is 120 cm³/mol. The summed E-state index contributed by atoms with van der Waals surface area (Å²) in [5.74, 6) is -0.424. The monoisotopic (exact) mass is 455 g/mol. The quantitative estimate of drug-likeness (QED) is 0.391. The van der Waals surface area contributed by atoms with Crippen LogP contribution in [0.15, 0.2) is 60.7 Å². The largest absolute Gasteiger partial charge is 0.494 e. The van der Waals surface area contributed by atoms with Crippen LogP contribution in [0.4, 0.5) is 17.1 Å². The molecule has 0 spiro atoms. The van der Waals surface area contributed by atoms with Crippen molar-refractivity contribution in [2.75, 3.05) is 24.9 Å². The van der Waals surface area contributed by atoms with E-state index >= 15 is 0 Å². The lowest BCUT2D eigenvalue weighted by atomic mass is 10.1. The lowest BCUT2D eigenvalue weighted by Gasteiger charge is -2.16. The van der Waals surface area contributed by atoms with E-state index in [1.165, 1.54) is 38.5 Å². The summed E-state index contributed by atoms with van der Waals surface area (Å²) in [5, 5.41) is 16.2. The van der Waals surface area contributed by atoms with Crippen LogP contribution >= 0.6 is 11.6 Å². The van der Waals surface area contributed by atoms with Gasteiger partial charge in [0.05, 0.1) is 41.1 Å². The van der Waals surface area contributed by atoms with E-state index in [9.17, 15) is 19.7 Å². The van der Waals surface area contributed by atoms with Crippen LogP contribution in [0.3, 0.4) is 0 Å². The van der Waals surface area contributed by atoms with E-state index in [2.05, 4.69) is 10.6 Å². The molecule has 32 heavy (non-hydrogen) atoms. The SMILES string of the molecule is COc1cc(NC(=O)c2ccc([N+](=O)[O-])cc2Cl)c(OC)cc1NC(=O)c1ccccc1. The summed E-state index contributed by atoms with van der Waals surface area (Å²) in [5.41, 5.74) is 0.855. The van der Waals surface area contributed by atoms with Crippen molar-refractivity contribution in [3.63, 3.8) is 0 Å². The maximum Gasteiger partial charge on any atom is 0.270 e. The number of carbonyl (C=O) groups is 2. The van der Waals surface area contributed by atoms with Crippen LogP contribution in [0.5, 0.6) is 11.5 Å². The zero-order chi connectivity index (χ0) is 23.3. The fourth-order valence-electron chi connectivity index (χ4n) is 2.87. The van der Waals surface area contributed by atoms with Gasteiger partial charge in [-0.15, -0.1) is 0 Å². The Hall–Kier alpha value is -4.11. The van der Waals surface area contributed by atoms with Gasteiger partial charge in [-0.3, -0.25) is 19.7 Å². The zero-order valence-electron chi connectivity index (χ0n) is 17.0. The Bertz CT molecular complexity index is 1180. The molecule has 3 aromatic rings. The molecule has 10 heteroatoms. The van der Waals surface area contributed by atoms with Crippen LogP contribution < -0.4 is 20.1 Å². The first-order valence-electron chi connectivity index (χ1n) is 9.21. The van der Waals surface area contributed by atoms with E-state index in [0.717, 1.165) is 6.07 Å². The minimum atomic E-state index is -0.607. The van der Waals surface area contributed by atoms with Gasteiger partial charge < -0.3 is 20.1 Å². The van der Waals surface area contributed by atoms with E-state index in [0.29, 0.717) is 11.3 Å². The molecule has 0 saturated heterocycles. The maximum absolute atomic E-state index is 12.7. The van der Waals surface area contributed by atoms with Gasteiger partial charge in [0.15, 0.2) is 0 Å². The second-order valence-corrected chi connectivity index (χ2v) is 6.86. The molecule has 0 fully saturated rings. The van der Waals surface area contributed by atoms with Gasteiger partial charge in [0.1, 0.15) is 11.5 Å². The molecule has 0 aromatic heterocycles. The summed E-state index contributed by atoms with van der Waals surface area (Å²) in [6, 6.07) is 15.1. The number of hydrogen-bond acceptors (Lipinski definition) is 6. The number of nitro groups is 1. The van der Waals surface area contributed by atoms with E-state index in [1.54, 1.807) is 30.3 Å². The first-order chi connectivity index (χ1) is 15.3. The van der Waals surface area contributed by atoms with E-state index in [4.69, 9.17) is 21.1 Å². The van der Waals surface area contributed by atoms with Crippen LogP contribution in [0, 0.1) is 10.1 Å². The molecule has 2 N–H and O–H groups in total. The molecule has 0 aliphatic rings.